The van der Waals surface area contributed by atoms with Crippen molar-refractivity contribution in [3.05, 3.63) is 83.7 Å². The second-order valence-corrected chi connectivity index (χ2v) is 6.63. The van der Waals surface area contributed by atoms with Gasteiger partial charge in [0.25, 0.3) is 5.91 Å². The van der Waals surface area contributed by atoms with Gasteiger partial charge < -0.3 is 10.2 Å². The van der Waals surface area contributed by atoms with Crippen LogP contribution in [0.2, 0.25) is 0 Å². The summed E-state index contributed by atoms with van der Waals surface area (Å²) >= 11 is 0. The minimum atomic E-state index is -0.0707. The van der Waals surface area contributed by atoms with Crippen LogP contribution in [0.15, 0.2) is 67.0 Å². The molecule has 0 aliphatic carbocycles. The van der Waals surface area contributed by atoms with Crippen molar-refractivity contribution in [2.45, 2.75) is 26.9 Å². The molecule has 5 nitrogen and oxygen atoms in total. The van der Waals surface area contributed by atoms with E-state index in [1.165, 1.54) is 5.56 Å². The molecule has 2 N–H and O–H groups in total. The Labute approximate surface area is 160 Å². The highest BCUT2D eigenvalue weighted by atomic mass is 16.1. The van der Waals surface area contributed by atoms with Crippen LogP contribution < -0.4 is 10.2 Å². The molecule has 1 aromatic heterocycles. The van der Waals surface area contributed by atoms with E-state index in [2.05, 4.69) is 48.5 Å². The van der Waals surface area contributed by atoms with E-state index >= 15 is 0 Å². The Morgan fingerprint density at radius 3 is 2.26 bits per heavy atom. The van der Waals surface area contributed by atoms with Gasteiger partial charge in [0, 0.05) is 30.1 Å². The molecule has 1 amide bonds. The fraction of sp³-hybridized carbons (Fsp3) is 0.273. The van der Waals surface area contributed by atoms with Crippen molar-refractivity contribution in [3.63, 3.8) is 0 Å². The number of nitrogens with zero attached hydrogens (tertiary/aromatic N) is 2. The van der Waals surface area contributed by atoms with Crippen LogP contribution in [-0.4, -0.2) is 28.8 Å². The van der Waals surface area contributed by atoms with Crippen LogP contribution in [0.3, 0.4) is 0 Å². The van der Waals surface area contributed by atoms with E-state index in [9.17, 15) is 4.79 Å². The summed E-state index contributed by atoms with van der Waals surface area (Å²) in [4.78, 5) is 13.9. The second-order valence-electron chi connectivity index (χ2n) is 6.63. The second kappa shape index (κ2) is 9.14. The Morgan fingerprint density at radius 2 is 1.67 bits per heavy atom. The van der Waals surface area contributed by atoms with E-state index in [-0.39, 0.29) is 5.91 Å². The van der Waals surface area contributed by atoms with Crippen LogP contribution in [0.4, 0.5) is 0 Å². The summed E-state index contributed by atoms with van der Waals surface area (Å²) in [6.07, 6.45) is 3.61. The van der Waals surface area contributed by atoms with Crippen LogP contribution in [-0.2, 0) is 13.1 Å². The summed E-state index contributed by atoms with van der Waals surface area (Å²) in [5.74, 6) is -0.0707. The molecule has 0 saturated heterocycles. The van der Waals surface area contributed by atoms with Gasteiger partial charge in [-0.15, -0.1) is 0 Å². The Hall–Kier alpha value is -2.92. The zero-order valence-corrected chi connectivity index (χ0v) is 16.0. The van der Waals surface area contributed by atoms with Gasteiger partial charge in [0.15, 0.2) is 0 Å². The van der Waals surface area contributed by atoms with Gasteiger partial charge in [-0.3, -0.25) is 4.79 Å². The third-order valence-electron chi connectivity index (χ3n) is 4.83. The maximum absolute atomic E-state index is 12.4. The monoisotopic (exact) mass is 363 g/mol. The Bertz CT molecular complexity index is 835. The molecule has 2 aromatic carbocycles. The van der Waals surface area contributed by atoms with Crippen LogP contribution in [0.25, 0.3) is 5.69 Å². The summed E-state index contributed by atoms with van der Waals surface area (Å²) in [6.45, 7) is 8.26. The van der Waals surface area contributed by atoms with Gasteiger partial charge in [-0.2, -0.15) is 5.10 Å². The minimum Gasteiger partial charge on any atom is -0.348 e. The van der Waals surface area contributed by atoms with Gasteiger partial charge in [-0.25, -0.2) is 4.68 Å². The lowest BCUT2D eigenvalue weighted by Crippen LogP contribution is -3.10. The van der Waals surface area contributed by atoms with Crippen LogP contribution in [0, 0.1) is 0 Å². The predicted octanol–water partition coefficient (Wildman–Crippen LogP) is 2.23. The molecular weight excluding hydrogens is 336 g/mol. The minimum absolute atomic E-state index is 0.0707. The van der Waals surface area contributed by atoms with Gasteiger partial charge in [0.05, 0.1) is 18.8 Å². The van der Waals surface area contributed by atoms with E-state index in [1.807, 2.05) is 36.5 Å². The smallest absolute Gasteiger partial charge is 0.251 e. The number of amides is 1. The average molecular weight is 363 g/mol. The number of hydrogen-bond acceptors (Lipinski definition) is 2. The molecular formula is C22H27N4O+. The lowest BCUT2D eigenvalue weighted by atomic mass is 10.1. The lowest BCUT2D eigenvalue weighted by Gasteiger charge is -2.15. The van der Waals surface area contributed by atoms with Gasteiger partial charge in [0.2, 0.25) is 0 Å². The van der Waals surface area contributed by atoms with Gasteiger partial charge in [-0.1, -0.05) is 24.3 Å². The largest absolute Gasteiger partial charge is 0.348 e. The van der Waals surface area contributed by atoms with Gasteiger partial charge in [0.1, 0.15) is 6.54 Å². The zero-order chi connectivity index (χ0) is 19.1. The van der Waals surface area contributed by atoms with E-state index in [0.717, 1.165) is 30.9 Å². The topological polar surface area (TPSA) is 51.4 Å². The average Bonchev–Trinajstić information content (AvgIpc) is 3.26. The van der Waals surface area contributed by atoms with Crippen molar-refractivity contribution in [1.29, 1.82) is 0 Å². The summed E-state index contributed by atoms with van der Waals surface area (Å²) < 4.78 is 1.77. The lowest BCUT2D eigenvalue weighted by molar-refractivity contribution is -0.910. The highest BCUT2D eigenvalue weighted by Crippen LogP contribution is 2.09. The molecule has 0 fully saturated rings. The number of hydrogen-bond donors (Lipinski definition) is 2. The van der Waals surface area contributed by atoms with Crippen LogP contribution in [0.5, 0.6) is 0 Å². The molecule has 0 bridgehead atoms. The molecule has 3 aromatic rings. The van der Waals surface area contributed by atoms with Crippen LogP contribution >= 0.6 is 0 Å². The normalized spacial score (nSPS) is 10.9. The standard InChI is InChI=1S/C22H26N4O/c1-3-25(4-2)17-19-8-6-18(7-9-19)16-23-22(27)20-10-12-21(13-11-20)26-15-5-14-24-26/h5-15H,3-4,16-17H2,1-2H3,(H,23,27)/p+1. The van der Waals surface area contributed by atoms with E-state index in [0.29, 0.717) is 12.1 Å². The molecule has 0 aliphatic rings. The van der Waals surface area contributed by atoms with Crippen molar-refractivity contribution in [1.82, 2.24) is 15.1 Å². The molecule has 0 aliphatic heterocycles. The first-order valence-electron chi connectivity index (χ1n) is 9.49. The first-order valence-corrected chi connectivity index (χ1v) is 9.49. The first kappa shape index (κ1) is 18.9. The number of carbonyl (C=O) groups excluding carboxylic acids is 1. The number of quaternary nitrogens is 1. The van der Waals surface area contributed by atoms with Crippen molar-refractivity contribution >= 4 is 5.91 Å². The highest BCUT2D eigenvalue weighted by Gasteiger charge is 2.07. The quantitative estimate of drug-likeness (QED) is 0.645. The number of carbonyl (C=O) groups is 1. The van der Waals surface area contributed by atoms with E-state index in [1.54, 1.807) is 15.8 Å². The fourth-order valence-electron chi connectivity index (χ4n) is 3.04. The van der Waals surface area contributed by atoms with Crippen molar-refractivity contribution in [2.75, 3.05) is 13.1 Å². The molecule has 0 spiro atoms. The zero-order valence-electron chi connectivity index (χ0n) is 16.0. The van der Waals surface area contributed by atoms with Gasteiger partial charge >= 0.3 is 0 Å². The number of rotatable bonds is 8. The number of benzene rings is 2. The molecule has 0 saturated carbocycles. The molecule has 0 radical (unpaired) electrons. The molecule has 0 unspecified atom stereocenters. The van der Waals surface area contributed by atoms with Crippen molar-refractivity contribution in [2.24, 2.45) is 0 Å². The Balaban J connectivity index is 1.54. The van der Waals surface area contributed by atoms with E-state index in [4.69, 9.17) is 0 Å². The molecule has 5 heteroatoms. The highest BCUT2D eigenvalue weighted by molar-refractivity contribution is 5.94. The molecule has 140 valence electrons. The third-order valence-corrected chi connectivity index (χ3v) is 4.83. The van der Waals surface area contributed by atoms with Crippen LogP contribution in [0.1, 0.15) is 35.3 Å². The van der Waals surface area contributed by atoms with E-state index < -0.39 is 0 Å². The summed E-state index contributed by atoms with van der Waals surface area (Å²) in [6, 6.07) is 17.8. The maximum Gasteiger partial charge on any atom is 0.251 e. The summed E-state index contributed by atoms with van der Waals surface area (Å²) in [7, 11) is 0. The Morgan fingerprint density at radius 1 is 1.00 bits per heavy atom. The Kier molecular flexibility index (Phi) is 6.39. The first-order chi connectivity index (χ1) is 13.2. The number of aromatic nitrogens is 2. The summed E-state index contributed by atoms with van der Waals surface area (Å²) in [5.41, 5.74) is 4.02. The molecule has 3 rings (SSSR count). The van der Waals surface area contributed by atoms with Gasteiger partial charge in [-0.05, 0) is 49.7 Å². The predicted molar refractivity (Wildman–Crippen MR) is 107 cm³/mol. The summed E-state index contributed by atoms with van der Waals surface area (Å²) in [5, 5.41) is 7.17. The maximum atomic E-state index is 12.4. The SMILES string of the molecule is CC[NH+](CC)Cc1ccc(CNC(=O)c2ccc(-n3cccn3)cc2)cc1. The van der Waals surface area contributed by atoms with Crippen molar-refractivity contribution < 1.29 is 9.69 Å². The number of nitrogens with one attached hydrogen (secondary N) is 2. The molecule has 1 heterocycles. The third kappa shape index (κ3) is 5.05. The van der Waals surface area contributed by atoms with Crippen molar-refractivity contribution in [3.8, 4) is 5.69 Å². The fourth-order valence-corrected chi connectivity index (χ4v) is 3.04. The molecule has 0 atom stereocenters. The molecule has 27 heavy (non-hydrogen) atoms.